The van der Waals surface area contributed by atoms with Crippen LogP contribution >= 0.6 is 0 Å². The minimum atomic E-state index is -5.08. The Kier molecular flexibility index (Phi) is 8.04. The lowest BCUT2D eigenvalue weighted by molar-refractivity contribution is -0.192. The van der Waals surface area contributed by atoms with Crippen LogP contribution in [0.5, 0.6) is 0 Å². The number of hydrogen-bond acceptors (Lipinski definition) is 4. The number of nitrogens with zero attached hydrogens (tertiary/aromatic N) is 1. The van der Waals surface area contributed by atoms with E-state index >= 15 is 0 Å². The highest BCUT2D eigenvalue weighted by Crippen LogP contribution is 2.33. The van der Waals surface area contributed by atoms with Gasteiger partial charge in [0.2, 0.25) is 5.91 Å². The van der Waals surface area contributed by atoms with E-state index in [-0.39, 0.29) is 29.9 Å². The first-order chi connectivity index (χ1) is 15.6. The van der Waals surface area contributed by atoms with E-state index in [0.29, 0.717) is 25.2 Å². The average molecular weight is 468 g/mol. The van der Waals surface area contributed by atoms with Crippen LogP contribution in [0.25, 0.3) is 0 Å². The molecule has 2 fully saturated rings. The molecule has 1 amide bonds. The molecule has 10 heteroatoms. The lowest BCUT2D eigenvalue weighted by atomic mass is 9.99. The molecule has 2 N–H and O–H groups in total. The van der Waals surface area contributed by atoms with E-state index in [0.717, 1.165) is 18.5 Å². The van der Waals surface area contributed by atoms with Gasteiger partial charge in [-0.3, -0.25) is 9.69 Å². The number of fused-ring (bicyclic) bond motifs is 2. The minimum absolute atomic E-state index is 0.0491. The SMILES string of the molecule is O=C(NCc1ccccc1)[C@H]1C[C@@H]2CN(Cc3ccccc3F)C[C@H]1O2.O=C(O)C(F)(F)F. The van der Waals surface area contributed by atoms with Crippen molar-refractivity contribution in [2.45, 2.75) is 37.9 Å². The number of morpholine rings is 1. The quantitative estimate of drug-likeness (QED) is 0.658. The largest absolute Gasteiger partial charge is 0.490 e. The van der Waals surface area contributed by atoms with Crippen LogP contribution in [0, 0.1) is 11.7 Å². The molecule has 0 saturated carbocycles. The Hall–Kier alpha value is -2.98. The van der Waals surface area contributed by atoms with Crippen molar-refractivity contribution >= 4 is 11.9 Å². The predicted octanol–water partition coefficient (Wildman–Crippen LogP) is 3.36. The van der Waals surface area contributed by atoms with Gasteiger partial charge in [-0.15, -0.1) is 0 Å². The van der Waals surface area contributed by atoms with Gasteiger partial charge in [0.1, 0.15) is 5.82 Å². The zero-order chi connectivity index (χ0) is 24.0. The van der Waals surface area contributed by atoms with E-state index in [4.69, 9.17) is 14.6 Å². The Balaban J connectivity index is 0.000000383. The van der Waals surface area contributed by atoms with Gasteiger partial charge < -0.3 is 15.2 Å². The molecule has 0 aromatic heterocycles. The molecule has 178 valence electrons. The number of carboxylic acid groups (broad SMARTS) is 1. The number of likely N-dealkylation sites (tertiary alicyclic amines) is 1. The van der Waals surface area contributed by atoms with Crippen LogP contribution < -0.4 is 5.32 Å². The smallest absolute Gasteiger partial charge is 0.475 e. The van der Waals surface area contributed by atoms with Crippen molar-refractivity contribution in [3.05, 3.63) is 71.5 Å². The molecule has 2 aliphatic heterocycles. The minimum Gasteiger partial charge on any atom is -0.475 e. The number of alkyl halides is 3. The average Bonchev–Trinajstić information content (AvgIpc) is 3.08. The van der Waals surface area contributed by atoms with Crippen LogP contribution in [-0.4, -0.2) is 53.4 Å². The fraction of sp³-hybridized carbons (Fsp3) is 0.391. The monoisotopic (exact) mass is 468 g/mol. The van der Waals surface area contributed by atoms with Gasteiger partial charge in [0.15, 0.2) is 0 Å². The Morgan fingerprint density at radius 2 is 1.70 bits per heavy atom. The maximum Gasteiger partial charge on any atom is 0.490 e. The van der Waals surface area contributed by atoms with Crippen LogP contribution in [0.3, 0.4) is 0 Å². The summed E-state index contributed by atoms with van der Waals surface area (Å²) in [6, 6.07) is 16.8. The van der Waals surface area contributed by atoms with Gasteiger partial charge in [0, 0.05) is 31.7 Å². The summed E-state index contributed by atoms with van der Waals surface area (Å²) < 4.78 is 51.6. The third-order valence-corrected chi connectivity index (χ3v) is 5.47. The summed E-state index contributed by atoms with van der Waals surface area (Å²) in [7, 11) is 0. The predicted molar refractivity (Wildman–Crippen MR) is 110 cm³/mol. The molecule has 2 aliphatic rings. The van der Waals surface area contributed by atoms with Gasteiger partial charge in [-0.2, -0.15) is 13.2 Å². The second-order valence-corrected chi connectivity index (χ2v) is 7.93. The number of ether oxygens (including phenoxy) is 1. The van der Waals surface area contributed by atoms with Crippen molar-refractivity contribution in [1.29, 1.82) is 0 Å². The number of hydrogen-bond donors (Lipinski definition) is 2. The maximum absolute atomic E-state index is 13.9. The second-order valence-electron chi connectivity index (χ2n) is 7.93. The second kappa shape index (κ2) is 10.8. The molecule has 2 bridgehead atoms. The number of carbonyl (C=O) groups excluding carboxylic acids is 1. The highest BCUT2D eigenvalue weighted by atomic mass is 19.4. The standard InChI is InChI=1S/C21H23FN2O2.C2HF3O2/c22-19-9-5-4-8-16(19)12-24-13-17-10-18(20(14-24)26-17)21(25)23-11-15-6-2-1-3-7-15;3-2(4,5)1(6)7/h1-9,17-18,20H,10-14H2,(H,23,25);(H,6,7)/t17-,18+,20-;/m1./s1. The first-order valence-electron chi connectivity index (χ1n) is 10.4. The summed E-state index contributed by atoms with van der Waals surface area (Å²) in [5.41, 5.74) is 1.78. The Bertz CT molecular complexity index is 955. The van der Waals surface area contributed by atoms with Crippen molar-refractivity contribution in [3.63, 3.8) is 0 Å². The van der Waals surface area contributed by atoms with Crippen LogP contribution in [-0.2, 0) is 27.4 Å². The van der Waals surface area contributed by atoms with Gasteiger partial charge >= 0.3 is 12.1 Å². The number of amides is 1. The number of carbonyl (C=O) groups is 2. The highest BCUT2D eigenvalue weighted by Gasteiger charge is 2.44. The number of rotatable bonds is 5. The van der Waals surface area contributed by atoms with Gasteiger partial charge in [0.25, 0.3) is 0 Å². The number of nitrogens with one attached hydrogen (secondary N) is 1. The summed E-state index contributed by atoms with van der Waals surface area (Å²) in [5.74, 6) is -3.01. The van der Waals surface area contributed by atoms with Gasteiger partial charge in [-0.25, -0.2) is 9.18 Å². The van der Waals surface area contributed by atoms with E-state index in [1.165, 1.54) is 6.07 Å². The van der Waals surface area contributed by atoms with Crippen LogP contribution in [0.2, 0.25) is 0 Å². The number of benzene rings is 2. The van der Waals surface area contributed by atoms with Gasteiger partial charge in [0.05, 0.1) is 18.1 Å². The van der Waals surface area contributed by atoms with E-state index in [1.807, 2.05) is 42.5 Å². The Morgan fingerprint density at radius 3 is 2.33 bits per heavy atom. The van der Waals surface area contributed by atoms with E-state index < -0.39 is 12.1 Å². The summed E-state index contributed by atoms with van der Waals surface area (Å²) in [4.78, 5) is 23.7. The van der Waals surface area contributed by atoms with Crippen LogP contribution in [0.4, 0.5) is 17.6 Å². The normalized spacial score (nSPS) is 22.2. The third kappa shape index (κ3) is 7.00. The summed E-state index contributed by atoms with van der Waals surface area (Å²) in [5, 5.41) is 10.2. The number of carboxylic acids is 1. The fourth-order valence-corrected chi connectivity index (χ4v) is 3.93. The molecule has 0 aliphatic carbocycles. The zero-order valence-electron chi connectivity index (χ0n) is 17.6. The molecule has 0 spiro atoms. The molecule has 6 nitrogen and oxygen atoms in total. The maximum atomic E-state index is 13.9. The van der Waals surface area contributed by atoms with Crippen LogP contribution in [0.1, 0.15) is 17.5 Å². The lowest BCUT2D eigenvalue weighted by Gasteiger charge is -2.32. The fourth-order valence-electron chi connectivity index (χ4n) is 3.93. The molecule has 2 heterocycles. The van der Waals surface area contributed by atoms with Crippen molar-refractivity contribution in [2.75, 3.05) is 13.1 Å². The van der Waals surface area contributed by atoms with Crippen LogP contribution in [0.15, 0.2) is 54.6 Å². The van der Waals surface area contributed by atoms with Crippen molar-refractivity contribution in [1.82, 2.24) is 10.2 Å². The molecule has 3 atom stereocenters. The number of aliphatic carboxylic acids is 1. The molecule has 2 saturated heterocycles. The molecule has 0 radical (unpaired) electrons. The summed E-state index contributed by atoms with van der Waals surface area (Å²) in [6.07, 6.45) is -4.41. The van der Waals surface area contributed by atoms with Gasteiger partial charge in [-0.1, -0.05) is 48.5 Å². The third-order valence-electron chi connectivity index (χ3n) is 5.47. The van der Waals surface area contributed by atoms with Crippen molar-refractivity contribution in [3.8, 4) is 0 Å². The van der Waals surface area contributed by atoms with Gasteiger partial charge in [-0.05, 0) is 18.1 Å². The molecule has 2 aromatic carbocycles. The molecular weight excluding hydrogens is 444 g/mol. The zero-order valence-corrected chi connectivity index (χ0v) is 17.6. The molecular formula is C23H24F4N2O4. The molecule has 2 aromatic rings. The first kappa shape index (κ1) is 24.7. The number of halogens is 4. The van der Waals surface area contributed by atoms with E-state index in [9.17, 15) is 22.4 Å². The molecule has 4 rings (SSSR count). The highest BCUT2D eigenvalue weighted by molar-refractivity contribution is 5.79. The van der Waals surface area contributed by atoms with Crippen molar-refractivity contribution < 1.29 is 37.0 Å². The Morgan fingerprint density at radius 1 is 1.06 bits per heavy atom. The Labute approximate surface area is 188 Å². The summed E-state index contributed by atoms with van der Waals surface area (Å²) in [6.45, 7) is 2.50. The molecule has 0 unspecified atom stereocenters. The lowest BCUT2D eigenvalue weighted by Crippen LogP contribution is -2.45. The van der Waals surface area contributed by atoms with E-state index in [2.05, 4.69) is 10.2 Å². The molecule has 33 heavy (non-hydrogen) atoms. The van der Waals surface area contributed by atoms with Crippen molar-refractivity contribution in [2.24, 2.45) is 5.92 Å². The van der Waals surface area contributed by atoms with E-state index in [1.54, 1.807) is 6.07 Å². The summed E-state index contributed by atoms with van der Waals surface area (Å²) >= 11 is 0. The topological polar surface area (TPSA) is 78.9 Å². The first-order valence-corrected chi connectivity index (χ1v) is 10.4.